The molecule has 2 aromatic rings. The van der Waals surface area contributed by atoms with Gasteiger partial charge in [-0.05, 0) is 43.5 Å². The third-order valence-corrected chi connectivity index (χ3v) is 3.36. The molecule has 0 spiro atoms. The number of benzene rings is 1. The molecule has 0 saturated heterocycles. The monoisotopic (exact) mass is 286 g/mol. The molecule has 0 bridgehead atoms. The summed E-state index contributed by atoms with van der Waals surface area (Å²) < 4.78 is 5.88. The first kappa shape index (κ1) is 13.8. The van der Waals surface area contributed by atoms with Crippen molar-refractivity contribution in [3.63, 3.8) is 0 Å². The molecular formula is C16H18N2O3. The van der Waals surface area contributed by atoms with Crippen LogP contribution in [0.15, 0.2) is 24.4 Å². The van der Waals surface area contributed by atoms with Gasteiger partial charge >= 0.3 is 0 Å². The number of aryl methyl sites for hydroxylation is 1. The number of nitrogens with zero attached hydrogens (tertiary/aromatic N) is 1. The zero-order valence-electron chi connectivity index (χ0n) is 11.9. The Bertz CT molecular complexity index is 681. The van der Waals surface area contributed by atoms with Crippen molar-refractivity contribution >= 4 is 16.8 Å². The smallest absolute Gasteiger partial charge is 0.251 e. The molecule has 5 heteroatoms. The fraction of sp³-hybridized carbons (Fsp3) is 0.375. The molecule has 1 fully saturated rings. The summed E-state index contributed by atoms with van der Waals surface area (Å²) in [6.45, 7) is 2.12. The number of carbonyl (C=O) groups excluding carboxylic acids is 1. The van der Waals surface area contributed by atoms with Gasteiger partial charge in [-0.15, -0.1) is 0 Å². The Balaban J connectivity index is 2.01. The van der Waals surface area contributed by atoms with E-state index in [1.807, 2.05) is 19.1 Å². The van der Waals surface area contributed by atoms with Gasteiger partial charge in [-0.25, -0.2) is 0 Å². The van der Waals surface area contributed by atoms with Crippen molar-refractivity contribution in [2.24, 2.45) is 0 Å². The number of aromatic nitrogens is 1. The van der Waals surface area contributed by atoms with Crippen molar-refractivity contribution in [1.29, 1.82) is 0 Å². The highest BCUT2D eigenvalue weighted by atomic mass is 16.5. The Morgan fingerprint density at radius 2 is 2.24 bits per heavy atom. The number of nitrogens with one attached hydrogen (secondary N) is 1. The van der Waals surface area contributed by atoms with E-state index in [1.165, 1.54) is 0 Å². The number of ether oxygens (including phenoxy) is 1. The Hall–Kier alpha value is -2.14. The summed E-state index contributed by atoms with van der Waals surface area (Å²) in [6, 6.07) is 5.53. The predicted molar refractivity (Wildman–Crippen MR) is 79.5 cm³/mol. The zero-order chi connectivity index (χ0) is 14.8. The van der Waals surface area contributed by atoms with Crippen LogP contribution in [0.4, 0.5) is 0 Å². The Labute approximate surface area is 123 Å². The Kier molecular flexibility index (Phi) is 3.75. The molecule has 5 nitrogen and oxygen atoms in total. The van der Waals surface area contributed by atoms with Gasteiger partial charge in [0, 0.05) is 23.7 Å². The van der Waals surface area contributed by atoms with Crippen molar-refractivity contribution in [1.82, 2.24) is 10.3 Å². The van der Waals surface area contributed by atoms with Crippen LogP contribution >= 0.6 is 0 Å². The normalized spacial score (nSPS) is 14.2. The summed E-state index contributed by atoms with van der Waals surface area (Å²) in [5, 5.41) is 12.4. The molecule has 1 saturated carbocycles. The minimum atomic E-state index is -0.215. The van der Waals surface area contributed by atoms with Crippen LogP contribution in [0.3, 0.4) is 0 Å². The average molecular weight is 286 g/mol. The maximum atomic E-state index is 12.1. The first-order chi connectivity index (χ1) is 10.2. The van der Waals surface area contributed by atoms with Crippen LogP contribution in [0.2, 0.25) is 0 Å². The summed E-state index contributed by atoms with van der Waals surface area (Å²) in [5.74, 6) is 0.442. The van der Waals surface area contributed by atoms with Gasteiger partial charge in [-0.3, -0.25) is 9.78 Å². The van der Waals surface area contributed by atoms with Gasteiger partial charge in [0.15, 0.2) is 0 Å². The van der Waals surface area contributed by atoms with Gasteiger partial charge < -0.3 is 15.2 Å². The third-order valence-electron chi connectivity index (χ3n) is 3.36. The standard InChI is InChI=1S/C16H18N2O3/c1-10-6-11-7-12(16(20)17-4-5-19)8-14(15(11)18-9-10)21-13-2-3-13/h6-9,13,19H,2-5H2,1H3,(H,17,20). The number of fused-ring (bicyclic) bond motifs is 1. The maximum Gasteiger partial charge on any atom is 0.251 e. The van der Waals surface area contributed by atoms with Crippen molar-refractivity contribution in [3.8, 4) is 5.75 Å². The molecule has 0 unspecified atom stereocenters. The van der Waals surface area contributed by atoms with E-state index in [1.54, 1.807) is 12.3 Å². The molecule has 1 aromatic heterocycles. The van der Waals surface area contributed by atoms with Crippen molar-refractivity contribution in [3.05, 3.63) is 35.5 Å². The number of hydrogen-bond donors (Lipinski definition) is 2. The van der Waals surface area contributed by atoms with Crippen molar-refractivity contribution in [2.75, 3.05) is 13.2 Å². The van der Waals surface area contributed by atoms with E-state index in [0.717, 1.165) is 29.3 Å². The number of pyridine rings is 1. The first-order valence-electron chi connectivity index (χ1n) is 7.13. The first-order valence-corrected chi connectivity index (χ1v) is 7.13. The van der Waals surface area contributed by atoms with E-state index in [9.17, 15) is 4.79 Å². The topological polar surface area (TPSA) is 71.5 Å². The molecule has 1 aliphatic rings. The van der Waals surface area contributed by atoms with E-state index in [0.29, 0.717) is 11.3 Å². The second-order valence-corrected chi connectivity index (χ2v) is 5.36. The lowest BCUT2D eigenvalue weighted by Crippen LogP contribution is -2.26. The van der Waals surface area contributed by atoms with Gasteiger partial charge in [-0.1, -0.05) is 0 Å². The summed E-state index contributed by atoms with van der Waals surface area (Å²) in [7, 11) is 0. The minimum absolute atomic E-state index is 0.0780. The summed E-state index contributed by atoms with van der Waals surface area (Å²) in [6.07, 6.45) is 4.14. The second-order valence-electron chi connectivity index (χ2n) is 5.36. The van der Waals surface area contributed by atoms with Crippen LogP contribution in [0.1, 0.15) is 28.8 Å². The molecule has 21 heavy (non-hydrogen) atoms. The van der Waals surface area contributed by atoms with E-state index < -0.39 is 0 Å². The zero-order valence-corrected chi connectivity index (χ0v) is 11.9. The summed E-state index contributed by atoms with van der Waals surface area (Å²) in [4.78, 5) is 16.5. The minimum Gasteiger partial charge on any atom is -0.488 e. The van der Waals surface area contributed by atoms with Gasteiger partial charge in [0.2, 0.25) is 0 Å². The molecule has 3 rings (SSSR count). The SMILES string of the molecule is Cc1cnc2c(OC3CC3)cc(C(=O)NCCO)cc2c1. The lowest BCUT2D eigenvalue weighted by Gasteiger charge is -2.11. The van der Waals surface area contributed by atoms with Crippen LogP contribution < -0.4 is 10.1 Å². The van der Waals surface area contributed by atoms with Crippen molar-refractivity contribution in [2.45, 2.75) is 25.9 Å². The van der Waals surface area contributed by atoms with Crippen LogP contribution in [0.25, 0.3) is 10.9 Å². The predicted octanol–water partition coefficient (Wildman–Crippen LogP) is 1.81. The Morgan fingerprint density at radius 1 is 1.43 bits per heavy atom. The molecule has 0 aliphatic heterocycles. The molecule has 1 aromatic carbocycles. The maximum absolute atomic E-state index is 12.1. The van der Waals surface area contributed by atoms with E-state index >= 15 is 0 Å². The Morgan fingerprint density at radius 3 is 2.95 bits per heavy atom. The van der Waals surface area contributed by atoms with Crippen LogP contribution in [-0.4, -0.2) is 35.3 Å². The molecule has 1 aliphatic carbocycles. The lowest BCUT2D eigenvalue weighted by atomic mass is 10.1. The summed E-state index contributed by atoms with van der Waals surface area (Å²) >= 11 is 0. The van der Waals surface area contributed by atoms with E-state index in [4.69, 9.17) is 9.84 Å². The lowest BCUT2D eigenvalue weighted by molar-refractivity contribution is 0.0944. The summed E-state index contributed by atoms with van der Waals surface area (Å²) in [5.41, 5.74) is 2.35. The number of aliphatic hydroxyl groups excluding tert-OH is 1. The fourth-order valence-corrected chi connectivity index (χ4v) is 2.18. The van der Waals surface area contributed by atoms with E-state index in [-0.39, 0.29) is 25.2 Å². The average Bonchev–Trinajstić information content (AvgIpc) is 3.28. The number of aliphatic hydroxyl groups is 1. The number of hydrogen-bond acceptors (Lipinski definition) is 4. The van der Waals surface area contributed by atoms with Crippen molar-refractivity contribution < 1.29 is 14.6 Å². The quantitative estimate of drug-likeness (QED) is 0.879. The highest BCUT2D eigenvalue weighted by Crippen LogP contribution is 2.32. The van der Waals surface area contributed by atoms with Crippen LogP contribution in [0, 0.1) is 6.92 Å². The van der Waals surface area contributed by atoms with Gasteiger partial charge in [0.05, 0.1) is 12.7 Å². The van der Waals surface area contributed by atoms with Crippen LogP contribution in [0.5, 0.6) is 5.75 Å². The second kappa shape index (κ2) is 5.69. The number of carbonyl (C=O) groups is 1. The third kappa shape index (κ3) is 3.13. The number of amides is 1. The molecule has 110 valence electrons. The molecular weight excluding hydrogens is 268 g/mol. The molecule has 0 atom stereocenters. The highest BCUT2D eigenvalue weighted by molar-refractivity contribution is 6.00. The van der Waals surface area contributed by atoms with Gasteiger partial charge in [0.1, 0.15) is 11.3 Å². The molecule has 1 heterocycles. The highest BCUT2D eigenvalue weighted by Gasteiger charge is 2.25. The molecule has 2 N–H and O–H groups in total. The fourth-order valence-electron chi connectivity index (χ4n) is 2.18. The van der Waals surface area contributed by atoms with Gasteiger partial charge in [0.25, 0.3) is 5.91 Å². The molecule has 0 radical (unpaired) electrons. The number of rotatable bonds is 5. The van der Waals surface area contributed by atoms with E-state index in [2.05, 4.69) is 10.3 Å². The largest absolute Gasteiger partial charge is 0.488 e. The van der Waals surface area contributed by atoms with Gasteiger partial charge in [-0.2, -0.15) is 0 Å². The van der Waals surface area contributed by atoms with Crippen LogP contribution in [-0.2, 0) is 0 Å². The molecule has 1 amide bonds.